The Hall–Kier alpha value is -0.490. The first-order valence-electron chi connectivity index (χ1n) is 7.03. The van der Waals surface area contributed by atoms with Crippen molar-refractivity contribution >= 4 is 11.3 Å². The van der Waals surface area contributed by atoms with E-state index in [9.17, 15) is 0 Å². The maximum Gasteiger partial charge on any atom is 0.0900 e. The third kappa shape index (κ3) is 3.75. The third-order valence-electron chi connectivity index (χ3n) is 3.97. The van der Waals surface area contributed by atoms with Crippen molar-refractivity contribution in [3.63, 3.8) is 0 Å². The zero-order valence-corrected chi connectivity index (χ0v) is 13.5. The highest BCUT2D eigenvalue weighted by atomic mass is 32.1. The lowest BCUT2D eigenvalue weighted by atomic mass is 10.1. The van der Waals surface area contributed by atoms with Crippen LogP contribution in [-0.4, -0.2) is 61.1 Å². The number of thiazole rings is 1. The molecular weight excluding hydrogens is 256 g/mol. The van der Waals surface area contributed by atoms with E-state index in [1.165, 1.54) is 17.1 Å². The van der Waals surface area contributed by atoms with Gasteiger partial charge in [0.1, 0.15) is 0 Å². The van der Waals surface area contributed by atoms with Gasteiger partial charge in [-0.3, -0.25) is 4.90 Å². The summed E-state index contributed by atoms with van der Waals surface area (Å²) < 4.78 is 0. The van der Waals surface area contributed by atoms with Crippen LogP contribution >= 0.6 is 11.3 Å². The number of hydrogen-bond donors (Lipinski definition) is 1. The van der Waals surface area contributed by atoms with E-state index < -0.39 is 0 Å². The summed E-state index contributed by atoms with van der Waals surface area (Å²) in [5.74, 6) is 0. The van der Waals surface area contributed by atoms with Crippen molar-refractivity contribution in [2.24, 2.45) is 0 Å². The van der Waals surface area contributed by atoms with Crippen LogP contribution in [0.1, 0.15) is 28.5 Å². The van der Waals surface area contributed by atoms with Gasteiger partial charge in [0.25, 0.3) is 0 Å². The van der Waals surface area contributed by atoms with Gasteiger partial charge >= 0.3 is 0 Å². The Balaban J connectivity index is 1.89. The molecule has 1 aromatic heterocycles. The van der Waals surface area contributed by atoms with Gasteiger partial charge in [0, 0.05) is 43.1 Å². The molecule has 1 aliphatic rings. The molecule has 2 atom stereocenters. The van der Waals surface area contributed by atoms with Crippen LogP contribution in [0.3, 0.4) is 0 Å². The second kappa shape index (κ2) is 6.31. The minimum atomic E-state index is 0.395. The van der Waals surface area contributed by atoms with Crippen molar-refractivity contribution in [2.75, 3.05) is 40.3 Å². The predicted molar refractivity (Wildman–Crippen MR) is 81.9 cm³/mol. The van der Waals surface area contributed by atoms with Crippen molar-refractivity contribution in [1.82, 2.24) is 20.1 Å². The van der Waals surface area contributed by atoms with E-state index in [0.29, 0.717) is 12.1 Å². The van der Waals surface area contributed by atoms with E-state index in [0.717, 1.165) is 24.6 Å². The van der Waals surface area contributed by atoms with Gasteiger partial charge in [-0.1, -0.05) is 0 Å². The maximum absolute atomic E-state index is 4.51. The first-order chi connectivity index (χ1) is 8.97. The lowest BCUT2D eigenvalue weighted by Crippen LogP contribution is -2.53. The van der Waals surface area contributed by atoms with Crippen LogP contribution in [0.4, 0.5) is 0 Å². The Kier molecular flexibility index (Phi) is 4.95. The molecule has 0 aromatic carbocycles. The van der Waals surface area contributed by atoms with Gasteiger partial charge in [0.05, 0.1) is 10.7 Å². The fourth-order valence-electron chi connectivity index (χ4n) is 2.68. The monoisotopic (exact) mass is 282 g/mol. The molecule has 4 nitrogen and oxygen atoms in total. The fraction of sp³-hybridized carbons (Fsp3) is 0.786. The molecule has 2 heterocycles. The molecule has 1 aliphatic heterocycles. The third-order valence-corrected chi connectivity index (χ3v) is 5.23. The van der Waals surface area contributed by atoms with Gasteiger partial charge in [-0.2, -0.15) is 0 Å². The molecule has 5 heteroatoms. The molecule has 0 radical (unpaired) electrons. The summed E-state index contributed by atoms with van der Waals surface area (Å²) in [5.41, 5.74) is 1.18. The van der Waals surface area contributed by atoms with E-state index in [-0.39, 0.29) is 0 Å². The minimum absolute atomic E-state index is 0.395. The number of rotatable bonds is 4. The van der Waals surface area contributed by atoms with Crippen molar-refractivity contribution in [3.8, 4) is 0 Å². The average molecular weight is 282 g/mol. The van der Waals surface area contributed by atoms with Crippen LogP contribution in [0.25, 0.3) is 0 Å². The summed E-state index contributed by atoms with van der Waals surface area (Å²) in [6, 6.07) is 1.00. The van der Waals surface area contributed by atoms with Crippen molar-refractivity contribution in [1.29, 1.82) is 0 Å². The molecule has 19 heavy (non-hydrogen) atoms. The molecule has 0 aliphatic carbocycles. The molecule has 1 fully saturated rings. The summed E-state index contributed by atoms with van der Waals surface area (Å²) >= 11 is 1.81. The molecule has 0 saturated carbocycles. The van der Waals surface area contributed by atoms with E-state index in [4.69, 9.17) is 0 Å². The van der Waals surface area contributed by atoms with Crippen LogP contribution in [0.5, 0.6) is 0 Å². The largest absolute Gasteiger partial charge is 0.308 e. The SMILES string of the molecule is Cc1nc(C)c(C(C)NCC2CN(C)CCN2C)s1. The standard InChI is InChI=1S/C14H26N4S/c1-10(14-11(2)16-12(3)19-14)15-8-13-9-17(4)6-7-18(13)5/h10,13,15H,6-9H2,1-5H3. The summed E-state index contributed by atoms with van der Waals surface area (Å²) in [7, 11) is 4.44. The van der Waals surface area contributed by atoms with Gasteiger partial charge < -0.3 is 10.2 Å². The molecule has 1 N–H and O–H groups in total. The van der Waals surface area contributed by atoms with Crippen molar-refractivity contribution in [3.05, 3.63) is 15.6 Å². The second-order valence-electron chi connectivity index (χ2n) is 5.71. The highest BCUT2D eigenvalue weighted by Gasteiger charge is 2.23. The van der Waals surface area contributed by atoms with E-state index in [1.54, 1.807) is 0 Å². The molecule has 0 amide bonds. The lowest BCUT2D eigenvalue weighted by Gasteiger charge is -2.38. The number of aryl methyl sites for hydroxylation is 2. The minimum Gasteiger partial charge on any atom is -0.308 e. The highest BCUT2D eigenvalue weighted by molar-refractivity contribution is 7.11. The number of piperazine rings is 1. The Morgan fingerprint density at radius 2 is 2.11 bits per heavy atom. The molecule has 0 bridgehead atoms. The second-order valence-corrected chi connectivity index (χ2v) is 6.94. The molecule has 1 saturated heterocycles. The van der Waals surface area contributed by atoms with Gasteiger partial charge in [0.15, 0.2) is 0 Å². The van der Waals surface area contributed by atoms with Crippen LogP contribution in [0.2, 0.25) is 0 Å². The molecule has 108 valence electrons. The van der Waals surface area contributed by atoms with E-state index in [2.05, 4.69) is 55.0 Å². The van der Waals surface area contributed by atoms with Crippen LogP contribution in [0, 0.1) is 13.8 Å². The summed E-state index contributed by atoms with van der Waals surface area (Å²) in [6.07, 6.45) is 0. The number of nitrogens with zero attached hydrogens (tertiary/aromatic N) is 3. The molecule has 1 aromatic rings. The Morgan fingerprint density at radius 1 is 1.37 bits per heavy atom. The Morgan fingerprint density at radius 3 is 2.74 bits per heavy atom. The number of hydrogen-bond acceptors (Lipinski definition) is 5. The summed E-state index contributed by atoms with van der Waals surface area (Å²) in [6.45, 7) is 11.0. The van der Waals surface area contributed by atoms with Crippen molar-refractivity contribution in [2.45, 2.75) is 32.9 Å². The Labute approximate surface area is 120 Å². The number of likely N-dealkylation sites (N-methyl/N-ethyl adjacent to an activating group) is 2. The quantitative estimate of drug-likeness (QED) is 0.910. The summed E-state index contributed by atoms with van der Waals surface area (Å²) in [4.78, 5) is 10.8. The number of aromatic nitrogens is 1. The van der Waals surface area contributed by atoms with Gasteiger partial charge in [0.2, 0.25) is 0 Å². The Bertz CT molecular complexity index is 418. The van der Waals surface area contributed by atoms with Crippen LogP contribution in [-0.2, 0) is 0 Å². The van der Waals surface area contributed by atoms with Crippen molar-refractivity contribution < 1.29 is 0 Å². The molecular formula is C14H26N4S. The van der Waals surface area contributed by atoms with E-state index in [1.807, 2.05) is 11.3 Å². The lowest BCUT2D eigenvalue weighted by molar-refractivity contribution is 0.112. The predicted octanol–water partition coefficient (Wildman–Crippen LogP) is 1.66. The van der Waals surface area contributed by atoms with E-state index >= 15 is 0 Å². The number of nitrogens with one attached hydrogen (secondary N) is 1. The molecule has 2 unspecified atom stereocenters. The molecule has 2 rings (SSSR count). The van der Waals surface area contributed by atoms with Gasteiger partial charge in [-0.25, -0.2) is 4.98 Å². The highest BCUT2D eigenvalue weighted by Crippen LogP contribution is 2.24. The molecule has 0 spiro atoms. The first kappa shape index (κ1) is 14.9. The maximum atomic E-state index is 4.51. The normalized spacial score (nSPS) is 23.7. The van der Waals surface area contributed by atoms with Crippen LogP contribution in [0.15, 0.2) is 0 Å². The van der Waals surface area contributed by atoms with Gasteiger partial charge in [-0.05, 0) is 34.9 Å². The zero-order valence-electron chi connectivity index (χ0n) is 12.7. The average Bonchev–Trinajstić information content (AvgIpc) is 2.69. The van der Waals surface area contributed by atoms with Gasteiger partial charge in [-0.15, -0.1) is 11.3 Å². The summed E-state index contributed by atoms with van der Waals surface area (Å²) in [5, 5.41) is 4.84. The fourth-order valence-corrected chi connectivity index (χ4v) is 3.63. The smallest absolute Gasteiger partial charge is 0.0900 e. The zero-order chi connectivity index (χ0) is 14.0. The topological polar surface area (TPSA) is 31.4 Å². The van der Waals surface area contributed by atoms with Crippen LogP contribution < -0.4 is 5.32 Å². The first-order valence-corrected chi connectivity index (χ1v) is 7.85.